The normalized spacial score (nSPS) is 12.4. The molecule has 1 N–H and O–H groups in total. The Morgan fingerprint density at radius 1 is 1.25 bits per heavy atom. The van der Waals surface area contributed by atoms with E-state index in [2.05, 4.69) is 25.5 Å². The second-order valence-corrected chi connectivity index (χ2v) is 6.89. The maximum Gasteiger partial charge on any atom is 0.253 e. The van der Waals surface area contributed by atoms with E-state index in [1.807, 2.05) is 37.3 Å². The van der Waals surface area contributed by atoms with E-state index in [-0.39, 0.29) is 18.4 Å². The highest BCUT2D eigenvalue weighted by Crippen LogP contribution is 2.19. The predicted molar refractivity (Wildman–Crippen MR) is 105 cm³/mol. The average Bonchev–Trinajstić information content (AvgIpc) is 3.34. The van der Waals surface area contributed by atoms with Crippen molar-refractivity contribution < 1.29 is 4.79 Å². The van der Waals surface area contributed by atoms with Crippen molar-refractivity contribution in [3.05, 3.63) is 65.8 Å². The minimum atomic E-state index is -0.0968. The Morgan fingerprint density at radius 3 is 2.82 bits per heavy atom. The molecule has 3 heterocycles. The second-order valence-electron chi connectivity index (χ2n) is 6.45. The molecule has 9 heteroatoms. The number of rotatable bonds is 7. The summed E-state index contributed by atoms with van der Waals surface area (Å²) in [6.45, 7) is 2.74. The lowest BCUT2D eigenvalue weighted by molar-refractivity contribution is 0.0979. The van der Waals surface area contributed by atoms with Gasteiger partial charge >= 0.3 is 0 Å². The van der Waals surface area contributed by atoms with Crippen molar-refractivity contribution in [2.24, 2.45) is 0 Å². The topological polar surface area (TPSA) is 90.0 Å². The molecule has 28 heavy (non-hydrogen) atoms. The van der Waals surface area contributed by atoms with Gasteiger partial charge in [-0.25, -0.2) is 4.98 Å². The summed E-state index contributed by atoms with van der Waals surface area (Å²) >= 11 is 5.88. The zero-order chi connectivity index (χ0) is 19.5. The molecule has 0 aliphatic carbocycles. The third-order valence-electron chi connectivity index (χ3n) is 4.28. The number of halogens is 1. The molecule has 0 bridgehead atoms. The van der Waals surface area contributed by atoms with Gasteiger partial charge in [0.05, 0.1) is 30.0 Å². The molecule has 0 aliphatic rings. The molecule has 4 rings (SSSR count). The van der Waals surface area contributed by atoms with Gasteiger partial charge in [-0.3, -0.25) is 9.48 Å². The van der Waals surface area contributed by atoms with Crippen molar-refractivity contribution in [2.75, 3.05) is 6.54 Å². The fourth-order valence-electron chi connectivity index (χ4n) is 2.91. The molecule has 4 aromatic rings. The summed E-state index contributed by atoms with van der Waals surface area (Å²) in [6.07, 6.45) is 4.73. The molecule has 0 spiro atoms. The van der Waals surface area contributed by atoms with Gasteiger partial charge in [0.25, 0.3) is 5.78 Å². The lowest BCUT2D eigenvalue weighted by atomic mass is 10.1. The molecule has 0 fully saturated rings. The van der Waals surface area contributed by atoms with Crippen LogP contribution in [0, 0.1) is 0 Å². The Hall–Kier alpha value is -3.10. The molecular weight excluding hydrogens is 378 g/mol. The second kappa shape index (κ2) is 7.87. The van der Waals surface area contributed by atoms with Crippen molar-refractivity contribution in [1.82, 2.24) is 34.7 Å². The number of fused-ring (bicyclic) bond motifs is 1. The molecule has 0 radical (unpaired) electrons. The molecule has 1 atom stereocenters. The lowest BCUT2D eigenvalue weighted by Gasteiger charge is -2.14. The predicted octanol–water partition coefficient (Wildman–Crippen LogP) is 2.50. The Balaban J connectivity index is 1.52. The smallest absolute Gasteiger partial charge is 0.253 e. The molecule has 142 valence electrons. The Bertz CT molecular complexity index is 1110. The maximum absolute atomic E-state index is 12.9. The average molecular weight is 396 g/mol. The number of hydrogen-bond donors (Lipinski definition) is 1. The van der Waals surface area contributed by atoms with E-state index < -0.39 is 0 Å². The summed E-state index contributed by atoms with van der Waals surface area (Å²) in [7, 11) is 0. The van der Waals surface area contributed by atoms with Gasteiger partial charge in [-0.1, -0.05) is 41.9 Å². The van der Waals surface area contributed by atoms with Crippen molar-refractivity contribution in [3.8, 4) is 11.3 Å². The fourth-order valence-corrected chi connectivity index (χ4v) is 3.06. The van der Waals surface area contributed by atoms with Gasteiger partial charge in [0.1, 0.15) is 12.0 Å². The van der Waals surface area contributed by atoms with Crippen LogP contribution in [0.2, 0.25) is 5.02 Å². The SMILES string of the molecule is C[C@@H](Cn1cc(Cl)cn1)NCC(=O)c1cc(-c2ccccc2)nc2ncnn12. The number of nitrogens with one attached hydrogen (secondary N) is 1. The van der Waals surface area contributed by atoms with Gasteiger partial charge < -0.3 is 5.32 Å². The van der Waals surface area contributed by atoms with Crippen LogP contribution in [0.4, 0.5) is 0 Å². The van der Waals surface area contributed by atoms with Crippen molar-refractivity contribution in [3.63, 3.8) is 0 Å². The van der Waals surface area contributed by atoms with Crippen LogP contribution < -0.4 is 5.32 Å². The zero-order valence-electron chi connectivity index (χ0n) is 15.2. The number of aromatic nitrogens is 6. The van der Waals surface area contributed by atoms with E-state index in [9.17, 15) is 4.79 Å². The van der Waals surface area contributed by atoms with Gasteiger partial charge in [-0.15, -0.1) is 0 Å². The van der Waals surface area contributed by atoms with Crippen LogP contribution in [0.3, 0.4) is 0 Å². The molecule has 0 amide bonds. The van der Waals surface area contributed by atoms with Gasteiger partial charge in [-0.05, 0) is 13.0 Å². The minimum Gasteiger partial charge on any atom is -0.305 e. The highest BCUT2D eigenvalue weighted by atomic mass is 35.5. The first-order valence-electron chi connectivity index (χ1n) is 8.81. The van der Waals surface area contributed by atoms with Crippen molar-refractivity contribution >= 4 is 23.2 Å². The van der Waals surface area contributed by atoms with Crippen molar-refractivity contribution in [1.29, 1.82) is 0 Å². The van der Waals surface area contributed by atoms with E-state index in [1.165, 1.54) is 10.8 Å². The summed E-state index contributed by atoms with van der Waals surface area (Å²) in [5.41, 5.74) is 2.03. The van der Waals surface area contributed by atoms with Crippen molar-refractivity contribution in [2.45, 2.75) is 19.5 Å². The van der Waals surface area contributed by atoms with Gasteiger partial charge in [0.2, 0.25) is 0 Å². The van der Waals surface area contributed by atoms with Crippen LogP contribution >= 0.6 is 11.6 Å². The quantitative estimate of drug-likeness (QED) is 0.483. The highest BCUT2D eigenvalue weighted by molar-refractivity contribution is 6.30. The standard InChI is InChI=1S/C19H18ClN7O/c1-13(10-26-11-15(20)8-23-26)21-9-18(28)17-7-16(14-5-3-2-4-6-14)25-19-22-12-24-27(17)19/h2-8,11-13,21H,9-10H2,1H3/t13-/m0/s1. The minimum absolute atomic E-state index is 0.0292. The van der Waals surface area contributed by atoms with Crippen LogP contribution in [-0.2, 0) is 6.54 Å². The first kappa shape index (κ1) is 18.3. The molecule has 8 nitrogen and oxygen atoms in total. The monoisotopic (exact) mass is 395 g/mol. The Kier molecular flexibility index (Phi) is 5.14. The maximum atomic E-state index is 12.9. The van der Waals surface area contributed by atoms with Gasteiger partial charge in [0, 0.05) is 17.8 Å². The fraction of sp³-hybridized carbons (Fsp3) is 0.211. The highest BCUT2D eigenvalue weighted by Gasteiger charge is 2.16. The molecule has 1 aromatic carbocycles. The van der Waals surface area contributed by atoms with Crippen LogP contribution in [0.25, 0.3) is 17.0 Å². The summed E-state index contributed by atoms with van der Waals surface area (Å²) in [5.74, 6) is 0.296. The van der Waals surface area contributed by atoms with Crippen LogP contribution in [0.15, 0.2) is 55.1 Å². The first-order valence-corrected chi connectivity index (χ1v) is 9.18. The molecule has 0 saturated carbocycles. The number of Topliss-reactive ketones (excluding diaryl/α,β-unsaturated/α-hetero) is 1. The van der Waals surface area contributed by atoms with Crippen LogP contribution in [-0.4, -0.2) is 47.7 Å². The number of benzene rings is 1. The van der Waals surface area contributed by atoms with E-state index in [4.69, 9.17) is 11.6 Å². The Morgan fingerprint density at radius 2 is 2.07 bits per heavy atom. The number of hydrogen-bond acceptors (Lipinski definition) is 6. The molecular formula is C19H18ClN7O. The molecule has 0 saturated heterocycles. The molecule has 3 aromatic heterocycles. The van der Waals surface area contributed by atoms with Crippen LogP contribution in [0.5, 0.6) is 0 Å². The van der Waals surface area contributed by atoms with Crippen LogP contribution in [0.1, 0.15) is 17.4 Å². The molecule has 0 unspecified atom stereocenters. The van der Waals surface area contributed by atoms with E-state index in [0.717, 1.165) is 5.56 Å². The zero-order valence-corrected chi connectivity index (χ0v) is 15.9. The van der Waals surface area contributed by atoms with E-state index in [0.29, 0.717) is 28.7 Å². The lowest BCUT2D eigenvalue weighted by Crippen LogP contribution is -2.35. The third-order valence-corrected chi connectivity index (χ3v) is 4.48. The molecule has 0 aliphatic heterocycles. The first-order chi connectivity index (χ1) is 13.6. The third kappa shape index (κ3) is 3.92. The summed E-state index contributed by atoms with van der Waals surface area (Å²) < 4.78 is 3.20. The number of carbonyl (C=O) groups is 1. The number of ketones is 1. The van der Waals surface area contributed by atoms with Gasteiger partial charge in [-0.2, -0.15) is 19.7 Å². The largest absolute Gasteiger partial charge is 0.305 e. The number of carbonyl (C=O) groups excluding carboxylic acids is 1. The summed E-state index contributed by atoms with van der Waals surface area (Å²) in [4.78, 5) is 21.5. The number of nitrogens with zero attached hydrogens (tertiary/aromatic N) is 6. The van der Waals surface area contributed by atoms with E-state index >= 15 is 0 Å². The Labute approximate surface area is 166 Å². The van der Waals surface area contributed by atoms with Gasteiger partial charge in [0.15, 0.2) is 5.78 Å². The summed E-state index contributed by atoms with van der Waals surface area (Å²) in [5, 5.41) is 12.1. The summed E-state index contributed by atoms with van der Waals surface area (Å²) in [6, 6.07) is 11.5. The van der Waals surface area contributed by atoms with E-state index in [1.54, 1.807) is 23.1 Å².